The molecule has 0 aliphatic carbocycles. The Morgan fingerprint density at radius 2 is 2.31 bits per heavy atom. The van der Waals surface area contributed by atoms with Crippen LogP contribution in [0.3, 0.4) is 0 Å². The number of nitrogens with two attached hydrogens (primary N) is 1. The number of piperidine rings is 1. The highest BCUT2D eigenvalue weighted by Crippen LogP contribution is 2.19. The van der Waals surface area contributed by atoms with Gasteiger partial charge < -0.3 is 10.6 Å². The highest BCUT2D eigenvalue weighted by atomic mass is 35.5. The molecule has 1 fully saturated rings. The van der Waals surface area contributed by atoms with Crippen LogP contribution in [0.1, 0.15) is 26.2 Å². The SMILES string of the molecule is CSCCC(=O)N1CCCC(C(C)N)C1.Cl. The van der Waals surface area contributed by atoms with Crippen LogP contribution in [0.15, 0.2) is 0 Å². The maximum atomic E-state index is 11.8. The summed E-state index contributed by atoms with van der Waals surface area (Å²) >= 11 is 1.73. The molecule has 1 saturated heterocycles. The fourth-order valence-electron chi connectivity index (χ4n) is 2.01. The highest BCUT2D eigenvalue weighted by Gasteiger charge is 2.25. The van der Waals surface area contributed by atoms with Gasteiger partial charge >= 0.3 is 0 Å². The predicted octanol–water partition coefficient (Wildman–Crippen LogP) is 1.75. The van der Waals surface area contributed by atoms with Crippen molar-refractivity contribution in [3.05, 3.63) is 0 Å². The van der Waals surface area contributed by atoms with Gasteiger partial charge in [0.2, 0.25) is 5.91 Å². The fraction of sp³-hybridized carbons (Fsp3) is 0.909. The van der Waals surface area contributed by atoms with Gasteiger partial charge in [-0.2, -0.15) is 11.8 Å². The Bertz CT molecular complexity index is 214. The molecular weight excluding hydrogens is 244 g/mol. The molecule has 0 bridgehead atoms. The average Bonchev–Trinajstić information content (AvgIpc) is 2.26. The molecule has 1 aliphatic rings. The lowest BCUT2D eigenvalue weighted by Gasteiger charge is -2.34. The Balaban J connectivity index is 0.00000225. The Morgan fingerprint density at radius 3 is 2.88 bits per heavy atom. The normalized spacial score (nSPS) is 22.4. The van der Waals surface area contributed by atoms with Crippen molar-refractivity contribution in [1.82, 2.24) is 4.90 Å². The number of carbonyl (C=O) groups is 1. The number of carbonyl (C=O) groups excluding carboxylic acids is 1. The molecule has 0 aromatic rings. The Labute approximate surface area is 109 Å². The van der Waals surface area contributed by atoms with Gasteiger partial charge in [0, 0.05) is 31.3 Å². The third-order valence-corrected chi connectivity index (χ3v) is 3.69. The second-order valence-corrected chi connectivity index (χ2v) is 5.33. The van der Waals surface area contributed by atoms with E-state index in [0.29, 0.717) is 18.2 Å². The minimum Gasteiger partial charge on any atom is -0.342 e. The maximum Gasteiger partial charge on any atom is 0.223 e. The van der Waals surface area contributed by atoms with E-state index in [1.165, 1.54) is 6.42 Å². The van der Waals surface area contributed by atoms with Gasteiger partial charge in [-0.15, -0.1) is 12.4 Å². The zero-order chi connectivity index (χ0) is 11.3. The standard InChI is InChI=1S/C11H22N2OS.ClH/c1-9(12)10-4-3-6-13(8-10)11(14)5-7-15-2;/h9-10H,3-8,12H2,1-2H3;1H. The topological polar surface area (TPSA) is 46.3 Å². The van der Waals surface area contributed by atoms with Crippen LogP contribution >= 0.6 is 24.2 Å². The number of rotatable bonds is 4. The highest BCUT2D eigenvalue weighted by molar-refractivity contribution is 7.98. The van der Waals surface area contributed by atoms with Gasteiger partial charge in [0.15, 0.2) is 0 Å². The van der Waals surface area contributed by atoms with Crippen molar-refractivity contribution in [3.63, 3.8) is 0 Å². The molecule has 1 amide bonds. The van der Waals surface area contributed by atoms with Crippen molar-refractivity contribution in [2.75, 3.05) is 25.1 Å². The Morgan fingerprint density at radius 1 is 1.62 bits per heavy atom. The fourth-order valence-corrected chi connectivity index (χ4v) is 2.39. The van der Waals surface area contributed by atoms with E-state index in [-0.39, 0.29) is 18.4 Å². The molecule has 5 heteroatoms. The van der Waals surface area contributed by atoms with Crippen molar-refractivity contribution in [1.29, 1.82) is 0 Å². The number of hydrogen-bond acceptors (Lipinski definition) is 3. The summed E-state index contributed by atoms with van der Waals surface area (Å²) in [6.07, 6.45) is 4.99. The van der Waals surface area contributed by atoms with E-state index in [1.807, 2.05) is 18.1 Å². The molecule has 1 rings (SSSR count). The summed E-state index contributed by atoms with van der Waals surface area (Å²) in [6, 6.07) is 0.209. The van der Waals surface area contributed by atoms with E-state index in [9.17, 15) is 4.79 Å². The first-order chi connectivity index (χ1) is 7.15. The molecule has 16 heavy (non-hydrogen) atoms. The third-order valence-electron chi connectivity index (χ3n) is 3.07. The van der Waals surface area contributed by atoms with Crippen LogP contribution in [0.25, 0.3) is 0 Å². The molecule has 1 aliphatic heterocycles. The lowest BCUT2D eigenvalue weighted by Crippen LogP contribution is -2.45. The Kier molecular flexibility index (Phi) is 8.24. The molecule has 0 aromatic carbocycles. The van der Waals surface area contributed by atoms with Gasteiger partial charge in [-0.25, -0.2) is 0 Å². The largest absolute Gasteiger partial charge is 0.342 e. The molecule has 96 valence electrons. The van der Waals surface area contributed by atoms with E-state index in [0.717, 1.165) is 25.3 Å². The van der Waals surface area contributed by atoms with E-state index in [4.69, 9.17) is 5.73 Å². The van der Waals surface area contributed by atoms with Crippen molar-refractivity contribution < 1.29 is 4.79 Å². The second kappa shape index (κ2) is 8.20. The van der Waals surface area contributed by atoms with Gasteiger partial charge in [0.05, 0.1) is 0 Å². The van der Waals surface area contributed by atoms with Crippen LogP contribution in [0.5, 0.6) is 0 Å². The molecule has 0 radical (unpaired) electrons. The molecule has 0 spiro atoms. The molecule has 1 heterocycles. The van der Waals surface area contributed by atoms with Gasteiger partial charge in [0.1, 0.15) is 0 Å². The van der Waals surface area contributed by atoms with E-state index in [2.05, 4.69) is 0 Å². The minimum absolute atomic E-state index is 0. The molecule has 2 atom stereocenters. The summed E-state index contributed by atoms with van der Waals surface area (Å²) in [6.45, 7) is 3.84. The first-order valence-corrected chi connectivity index (χ1v) is 7.07. The van der Waals surface area contributed by atoms with Crippen LogP contribution in [-0.2, 0) is 4.79 Å². The number of hydrogen-bond donors (Lipinski definition) is 1. The summed E-state index contributed by atoms with van der Waals surface area (Å²) in [4.78, 5) is 13.8. The van der Waals surface area contributed by atoms with Crippen molar-refractivity contribution in [2.24, 2.45) is 11.7 Å². The zero-order valence-electron chi connectivity index (χ0n) is 10.1. The summed E-state index contributed by atoms with van der Waals surface area (Å²) in [7, 11) is 0. The first-order valence-electron chi connectivity index (χ1n) is 5.67. The smallest absolute Gasteiger partial charge is 0.223 e. The number of halogens is 1. The summed E-state index contributed by atoms with van der Waals surface area (Å²) < 4.78 is 0. The quantitative estimate of drug-likeness (QED) is 0.843. The van der Waals surface area contributed by atoms with Gasteiger partial charge in [0.25, 0.3) is 0 Å². The summed E-state index contributed by atoms with van der Waals surface area (Å²) in [5.74, 6) is 1.73. The van der Waals surface area contributed by atoms with Crippen LogP contribution in [0, 0.1) is 5.92 Å². The van der Waals surface area contributed by atoms with Crippen LogP contribution in [0.2, 0.25) is 0 Å². The lowest BCUT2D eigenvalue weighted by molar-refractivity contribution is -0.132. The van der Waals surface area contributed by atoms with Crippen molar-refractivity contribution in [2.45, 2.75) is 32.2 Å². The molecule has 2 unspecified atom stereocenters. The summed E-state index contributed by atoms with van der Waals surface area (Å²) in [5.41, 5.74) is 5.89. The van der Waals surface area contributed by atoms with E-state index in [1.54, 1.807) is 11.8 Å². The first kappa shape index (κ1) is 16.1. The summed E-state index contributed by atoms with van der Waals surface area (Å²) in [5, 5.41) is 0. The van der Waals surface area contributed by atoms with Crippen LogP contribution in [-0.4, -0.2) is 41.9 Å². The van der Waals surface area contributed by atoms with Crippen molar-refractivity contribution in [3.8, 4) is 0 Å². The maximum absolute atomic E-state index is 11.8. The minimum atomic E-state index is 0. The molecule has 0 saturated carbocycles. The van der Waals surface area contributed by atoms with Crippen LogP contribution < -0.4 is 5.73 Å². The predicted molar refractivity (Wildman–Crippen MR) is 73.2 cm³/mol. The van der Waals surface area contributed by atoms with Gasteiger partial charge in [-0.05, 0) is 31.9 Å². The molecular formula is C11H23ClN2OS. The lowest BCUT2D eigenvalue weighted by atomic mass is 9.92. The third kappa shape index (κ3) is 4.93. The average molecular weight is 267 g/mol. The van der Waals surface area contributed by atoms with E-state index < -0.39 is 0 Å². The molecule has 2 N–H and O–H groups in total. The van der Waals surface area contributed by atoms with Gasteiger partial charge in [-0.3, -0.25) is 4.79 Å². The monoisotopic (exact) mass is 266 g/mol. The second-order valence-electron chi connectivity index (χ2n) is 4.34. The number of thioether (sulfide) groups is 1. The van der Waals surface area contributed by atoms with E-state index >= 15 is 0 Å². The van der Waals surface area contributed by atoms with Crippen molar-refractivity contribution >= 4 is 30.1 Å². The molecule has 3 nitrogen and oxygen atoms in total. The number of amides is 1. The van der Waals surface area contributed by atoms with Gasteiger partial charge in [-0.1, -0.05) is 0 Å². The zero-order valence-corrected chi connectivity index (χ0v) is 11.8. The Hall–Kier alpha value is 0.0700. The number of likely N-dealkylation sites (tertiary alicyclic amines) is 1. The van der Waals surface area contributed by atoms with Crippen LogP contribution in [0.4, 0.5) is 0 Å². The number of nitrogens with zero attached hydrogens (tertiary/aromatic N) is 1. The molecule has 0 aromatic heterocycles.